The number of ether oxygens (including phenoxy) is 1. The summed E-state index contributed by atoms with van der Waals surface area (Å²) in [6.45, 7) is 2.28. The molecular formula is C15H13N3O6. The maximum Gasteiger partial charge on any atom is 0.337 e. The molecule has 2 rings (SSSR count). The lowest BCUT2D eigenvalue weighted by atomic mass is 10.1. The van der Waals surface area contributed by atoms with Gasteiger partial charge in [0.1, 0.15) is 5.75 Å². The van der Waals surface area contributed by atoms with Crippen molar-refractivity contribution in [3.05, 3.63) is 63.0 Å². The van der Waals surface area contributed by atoms with Crippen LogP contribution in [0.15, 0.2) is 47.8 Å². The molecule has 9 heteroatoms. The third kappa shape index (κ3) is 3.46. The van der Waals surface area contributed by atoms with E-state index in [1.54, 1.807) is 12.1 Å². The van der Waals surface area contributed by atoms with E-state index in [2.05, 4.69) is 5.29 Å². The number of anilines is 2. The monoisotopic (exact) mass is 331 g/mol. The van der Waals surface area contributed by atoms with Crippen LogP contribution in [0.5, 0.6) is 5.75 Å². The number of hydrogen-bond acceptors (Lipinski definition) is 6. The molecule has 0 aromatic heterocycles. The van der Waals surface area contributed by atoms with Gasteiger partial charge >= 0.3 is 5.97 Å². The molecule has 0 amide bonds. The average molecular weight is 331 g/mol. The fourth-order valence-electron chi connectivity index (χ4n) is 2.07. The van der Waals surface area contributed by atoms with Gasteiger partial charge in [-0.1, -0.05) is 0 Å². The molecular weight excluding hydrogens is 318 g/mol. The summed E-state index contributed by atoms with van der Waals surface area (Å²) in [7, 11) is 0. The topological polar surface area (TPSA) is 122 Å². The number of rotatable bonds is 7. The Morgan fingerprint density at radius 1 is 1.29 bits per heavy atom. The first-order valence-corrected chi connectivity index (χ1v) is 6.86. The van der Waals surface area contributed by atoms with Gasteiger partial charge in [-0.25, -0.2) is 4.79 Å². The lowest BCUT2D eigenvalue weighted by Crippen LogP contribution is -2.13. The molecule has 0 aliphatic heterocycles. The van der Waals surface area contributed by atoms with E-state index in [-0.39, 0.29) is 22.6 Å². The first kappa shape index (κ1) is 16.9. The van der Waals surface area contributed by atoms with E-state index < -0.39 is 10.9 Å². The number of carboxylic acid groups (broad SMARTS) is 1. The number of hydrogen-bond donors (Lipinski definition) is 1. The molecule has 0 aliphatic carbocycles. The summed E-state index contributed by atoms with van der Waals surface area (Å²) in [5.41, 5.74) is -0.587. The second-order valence-electron chi connectivity index (χ2n) is 4.58. The Bertz CT molecular complexity index is 775. The minimum Gasteiger partial charge on any atom is -0.494 e. The number of nitroso groups, excluding NO2 is 1. The minimum absolute atomic E-state index is 0.198. The number of nitro groups is 1. The fourth-order valence-corrected chi connectivity index (χ4v) is 2.07. The normalized spacial score (nSPS) is 10.0. The summed E-state index contributed by atoms with van der Waals surface area (Å²) >= 11 is 0. The first-order valence-electron chi connectivity index (χ1n) is 6.86. The van der Waals surface area contributed by atoms with Crippen molar-refractivity contribution in [2.75, 3.05) is 11.6 Å². The third-order valence-electron chi connectivity index (χ3n) is 3.12. The van der Waals surface area contributed by atoms with Gasteiger partial charge in [0.25, 0.3) is 5.69 Å². The van der Waals surface area contributed by atoms with Gasteiger partial charge in [-0.15, -0.1) is 4.91 Å². The van der Waals surface area contributed by atoms with Crippen molar-refractivity contribution in [3.8, 4) is 5.75 Å². The molecule has 0 heterocycles. The molecule has 9 nitrogen and oxygen atoms in total. The highest BCUT2D eigenvalue weighted by Crippen LogP contribution is 2.33. The summed E-state index contributed by atoms with van der Waals surface area (Å²) in [5.74, 6) is -0.774. The van der Waals surface area contributed by atoms with Crippen LogP contribution in [0.2, 0.25) is 0 Å². The molecule has 0 bridgehead atoms. The molecule has 124 valence electrons. The highest BCUT2D eigenvalue weighted by molar-refractivity contribution is 5.96. The van der Waals surface area contributed by atoms with Crippen molar-refractivity contribution < 1.29 is 19.6 Å². The standard InChI is InChI=1S/C15H13N3O6/c1-2-24-12-6-3-10(4-7-12)17(16-21)14-9-11(18(22)23)5-8-13(14)15(19)20/h3-9H,2H2,1H3,(H,19,20). The molecule has 0 spiro atoms. The molecule has 24 heavy (non-hydrogen) atoms. The van der Waals surface area contributed by atoms with Crippen molar-refractivity contribution in [1.82, 2.24) is 0 Å². The summed E-state index contributed by atoms with van der Waals surface area (Å²) in [6.07, 6.45) is 0. The molecule has 1 N–H and O–H groups in total. The maximum absolute atomic E-state index is 11.3. The van der Waals surface area contributed by atoms with Crippen LogP contribution in [0.4, 0.5) is 17.1 Å². The Morgan fingerprint density at radius 3 is 2.46 bits per heavy atom. The van der Waals surface area contributed by atoms with Crippen molar-refractivity contribution in [1.29, 1.82) is 0 Å². The summed E-state index contributed by atoms with van der Waals surface area (Å²) < 4.78 is 5.28. The number of nitro benzene ring substituents is 1. The average Bonchev–Trinajstić information content (AvgIpc) is 2.57. The van der Waals surface area contributed by atoms with E-state index in [1.807, 2.05) is 6.92 Å². The van der Waals surface area contributed by atoms with Gasteiger partial charge in [0.05, 0.1) is 33.8 Å². The second-order valence-corrected chi connectivity index (χ2v) is 4.58. The minimum atomic E-state index is -1.33. The van der Waals surface area contributed by atoms with E-state index in [9.17, 15) is 24.9 Å². The summed E-state index contributed by atoms with van der Waals surface area (Å²) in [5, 5.41) is 23.7. The van der Waals surface area contributed by atoms with Crippen molar-refractivity contribution >= 4 is 23.0 Å². The molecule has 0 aliphatic rings. The lowest BCUT2D eigenvalue weighted by Gasteiger charge is -2.17. The highest BCUT2D eigenvalue weighted by Gasteiger charge is 2.22. The number of carboxylic acids is 1. The number of benzene rings is 2. The largest absolute Gasteiger partial charge is 0.494 e. The van der Waals surface area contributed by atoms with Crippen LogP contribution in [0.1, 0.15) is 17.3 Å². The summed E-state index contributed by atoms with van der Waals surface area (Å²) in [6, 6.07) is 9.25. The second kappa shape index (κ2) is 7.18. The SMILES string of the molecule is CCOc1ccc(N(N=O)c2cc([N+](=O)[O-])ccc2C(=O)O)cc1. The van der Waals surface area contributed by atoms with E-state index >= 15 is 0 Å². The van der Waals surface area contributed by atoms with Crippen molar-refractivity contribution in [2.45, 2.75) is 6.92 Å². The van der Waals surface area contributed by atoms with Gasteiger partial charge < -0.3 is 9.84 Å². The zero-order chi connectivity index (χ0) is 17.7. The molecule has 0 unspecified atom stereocenters. The zero-order valence-electron chi connectivity index (χ0n) is 12.6. The Balaban J connectivity index is 2.52. The van der Waals surface area contributed by atoms with Crippen LogP contribution < -0.4 is 9.75 Å². The predicted molar refractivity (Wildman–Crippen MR) is 85.6 cm³/mol. The Kier molecular flexibility index (Phi) is 5.05. The van der Waals surface area contributed by atoms with Gasteiger partial charge in [-0.05, 0) is 37.3 Å². The summed E-state index contributed by atoms with van der Waals surface area (Å²) in [4.78, 5) is 32.8. The smallest absolute Gasteiger partial charge is 0.337 e. The zero-order valence-corrected chi connectivity index (χ0v) is 12.6. The van der Waals surface area contributed by atoms with Crippen LogP contribution in [-0.2, 0) is 0 Å². The number of non-ortho nitro benzene ring substituents is 1. The molecule has 0 fully saturated rings. The Labute approximate surface area is 136 Å². The van der Waals surface area contributed by atoms with Gasteiger partial charge in [-0.2, -0.15) is 5.01 Å². The third-order valence-corrected chi connectivity index (χ3v) is 3.12. The van der Waals surface area contributed by atoms with Gasteiger partial charge in [0.2, 0.25) is 0 Å². The van der Waals surface area contributed by atoms with Crippen LogP contribution in [0.25, 0.3) is 0 Å². The molecule has 2 aromatic carbocycles. The van der Waals surface area contributed by atoms with Crippen LogP contribution in [0.3, 0.4) is 0 Å². The molecule has 0 radical (unpaired) electrons. The van der Waals surface area contributed by atoms with E-state index in [0.717, 1.165) is 23.2 Å². The van der Waals surface area contributed by atoms with E-state index in [0.29, 0.717) is 12.4 Å². The van der Waals surface area contributed by atoms with Crippen LogP contribution >= 0.6 is 0 Å². The molecule has 0 saturated carbocycles. The Morgan fingerprint density at radius 2 is 1.96 bits per heavy atom. The highest BCUT2D eigenvalue weighted by atomic mass is 16.6. The van der Waals surface area contributed by atoms with Crippen molar-refractivity contribution in [3.63, 3.8) is 0 Å². The number of carbonyl (C=O) groups is 1. The molecule has 0 saturated heterocycles. The molecule has 2 aromatic rings. The predicted octanol–water partition coefficient (Wildman–Crippen LogP) is 3.51. The van der Waals surface area contributed by atoms with Gasteiger partial charge in [-0.3, -0.25) is 10.1 Å². The Hall–Kier alpha value is -3.49. The maximum atomic E-state index is 11.3. The number of nitrogens with zero attached hydrogens (tertiary/aromatic N) is 3. The number of aromatic carboxylic acids is 1. The first-order chi connectivity index (χ1) is 11.5. The van der Waals surface area contributed by atoms with Gasteiger partial charge in [0, 0.05) is 12.1 Å². The fraction of sp³-hybridized carbons (Fsp3) is 0.133. The van der Waals surface area contributed by atoms with Crippen LogP contribution in [-0.4, -0.2) is 22.6 Å². The lowest BCUT2D eigenvalue weighted by molar-refractivity contribution is -0.384. The van der Waals surface area contributed by atoms with E-state index in [1.165, 1.54) is 12.1 Å². The van der Waals surface area contributed by atoms with Gasteiger partial charge in [0.15, 0.2) is 0 Å². The quantitative estimate of drug-likeness (QED) is 0.468. The van der Waals surface area contributed by atoms with E-state index in [4.69, 9.17) is 4.74 Å². The van der Waals surface area contributed by atoms with Crippen molar-refractivity contribution in [2.24, 2.45) is 5.29 Å². The molecule has 0 atom stereocenters. The van der Waals surface area contributed by atoms with Crippen LogP contribution in [0, 0.1) is 15.0 Å².